The van der Waals surface area contributed by atoms with Crippen molar-refractivity contribution in [1.82, 2.24) is 0 Å². The molecule has 1 aromatic rings. The molecule has 5 heteroatoms. The molecule has 2 rings (SSSR count). The van der Waals surface area contributed by atoms with E-state index < -0.39 is 11.0 Å². The molecule has 1 atom stereocenters. The predicted molar refractivity (Wildman–Crippen MR) is 59.3 cm³/mol. The minimum absolute atomic E-state index is 0.296. The van der Waals surface area contributed by atoms with Crippen LogP contribution in [-0.4, -0.2) is 16.1 Å². The first-order chi connectivity index (χ1) is 7.05. The fraction of sp³-hybridized carbons (Fsp3) is 0.300. The number of nitrogens with zero attached hydrogens (tertiary/aromatic N) is 1. The zero-order valence-electron chi connectivity index (χ0n) is 7.78. The van der Waals surface area contributed by atoms with Crippen LogP contribution in [0, 0.1) is 0 Å². The van der Waals surface area contributed by atoms with Gasteiger partial charge in [0.25, 0.3) is 0 Å². The Kier molecular flexibility index (Phi) is 2.52. The summed E-state index contributed by atoms with van der Waals surface area (Å²) in [5.41, 5.74) is 1.69. The average Bonchev–Trinajstić information content (AvgIpc) is 2.24. The van der Waals surface area contributed by atoms with Crippen molar-refractivity contribution in [3.05, 3.63) is 29.8 Å². The van der Waals surface area contributed by atoms with E-state index in [1.807, 2.05) is 12.1 Å². The normalized spacial score (nSPS) is 24.8. The minimum atomic E-state index is -1.53. The lowest BCUT2D eigenvalue weighted by molar-refractivity contribution is -0.140. The van der Waals surface area contributed by atoms with Crippen molar-refractivity contribution >= 4 is 35.0 Å². The molecule has 1 N–H and O–H groups in total. The number of benzene rings is 1. The fourth-order valence-electron chi connectivity index (χ4n) is 1.69. The summed E-state index contributed by atoms with van der Waals surface area (Å²) in [7, 11) is 0. The van der Waals surface area contributed by atoms with Crippen molar-refractivity contribution in [1.29, 1.82) is 0 Å². The molecule has 0 spiro atoms. The highest BCUT2D eigenvalue weighted by atomic mass is 35.5. The first kappa shape index (κ1) is 10.6. The molecule has 0 aliphatic carbocycles. The molecule has 0 radical (unpaired) electrons. The molecular weight excluding hydrogens is 237 g/mol. The van der Waals surface area contributed by atoms with Crippen LogP contribution in [0.25, 0.3) is 0 Å². The van der Waals surface area contributed by atoms with Crippen LogP contribution in [-0.2, 0) is 11.2 Å². The van der Waals surface area contributed by atoms with Gasteiger partial charge in [0.2, 0.25) is 5.00 Å². The molecule has 0 saturated carbocycles. The summed E-state index contributed by atoms with van der Waals surface area (Å²) in [6, 6.07) is 7.38. The van der Waals surface area contributed by atoms with Crippen molar-refractivity contribution in [2.45, 2.75) is 17.8 Å². The van der Waals surface area contributed by atoms with Gasteiger partial charge in [0.15, 0.2) is 0 Å². The molecule has 1 unspecified atom stereocenters. The van der Waals surface area contributed by atoms with Crippen LogP contribution in [0.3, 0.4) is 0 Å². The standard InChI is InChI=1S/C10H9Cl2NO2/c11-10(9(14)15)6-5-7-3-1-2-4-8(7)13(10)12/h1-4H,5-6H2,(H,14,15). The fourth-order valence-corrected chi connectivity index (χ4v) is 2.20. The first-order valence-corrected chi connectivity index (χ1v) is 5.23. The van der Waals surface area contributed by atoms with Crippen molar-refractivity contribution in [2.75, 3.05) is 4.42 Å². The third-order valence-electron chi connectivity index (χ3n) is 2.57. The highest BCUT2D eigenvalue weighted by molar-refractivity contribution is 6.43. The zero-order valence-corrected chi connectivity index (χ0v) is 9.29. The number of halogens is 2. The monoisotopic (exact) mass is 245 g/mol. The number of aliphatic carboxylic acids is 1. The summed E-state index contributed by atoms with van der Waals surface area (Å²) in [5, 5.41) is 9.04. The number of rotatable bonds is 1. The molecule has 15 heavy (non-hydrogen) atoms. The molecule has 3 nitrogen and oxygen atoms in total. The third-order valence-corrected chi connectivity index (χ3v) is 3.64. The zero-order chi connectivity index (χ0) is 11.1. The Morgan fingerprint density at radius 1 is 1.47 bits per heavy atom. The van der Waals surface area contributed by atoms with Crippen LogP contribution in [0.15, 0.2) is 24.3 Å². The minimum Gasteiger partial charge on any atom is -0.479 e. The number of anilines is 1. The van der Waals surface area contributed by atoms with Crippen LogP contribution in [0.1, 0.15) is 12.0 Å². The van der Waals surface area contributed by atoms with Crippen molar-refractivity contribution < 1.29 is 9.90 Å². The van der Waals surface area contributed by atoms with E-state index in [4.69, 9.17) is 28.5 Å². The summed E-state index contributed by atoms with van der Waals surface area (Å²) >= 11 is 12.0. The first-order valence-electron chi connectivity index (χ1n) is 4.52. The van der Waals surface area contributed by atoms with E-state index in [0.29, 0.717) is 18.5 Å². The lowest BCUT2D eigenvalue weighted by Gasteiger charge is -2.36. The predicted octanol–water partition coefficient (Wildman–Crippen LogP) is 2.61. The quantitative estimate of drug-likeness (QED) is 0.470. The number of hydrogen-bond acceptors (Lipinski definition) is 2. The van der Waals surface area contributed by atoms with Crippen LogP contribution >= 0.6 is 23.4 Å². The van der Waals surface area contributed by atoms with Crippen LogP contribution in [0.2, 0.25) is 0 Å². The Bertz CT molecular complexity index is 410. The van der Waals surface area contributed by atoms with Gasteiger partial charge in [-0.05, 0) is 18.1 Å². The number of carboxylic acids is 1. The van der Waals surface area contributed by atoms with E-state index in [9.17, 15) is 4.79 Å². The Hall–Kier alpha value is -0.930. The van der Waals surface area contributed by atoms with Gasteiger partial charge in [-0.15, -0.1) is 0 Å². The maximum atomic E-state index is 11.0. The van der Waals surface area contributed by atoms with Crippen molar-refractivity contribution in [3.63, 3.8) is 0 Å². The molecule has 1 aliphatic rings. The highest BCUT2D eigenvalue weighted by Gasteiger charge is 2.45. The second kappa shape index (κ2) is 3.58. The largest absolute Gasteiger partial charge is 0.479 e. The molecule has 80 valence electrons. The van der Waals surface area contributed by atoms with Crippen molar-refractivity contribution in [2.24, 2.45) is 0 Å². The Balaban J connectivity index is 2.46. The maximum Gasteiger partial charge on any atom is 0.346 e. The third kappa shape index (κ3) is 1.56. The van der Waals surface area contributed by atoms with Crippen LogP contribution < -0.4 is 4.42 Å². The molecule has 0 saturated heterocycles. The molecular formula is C10H9Cl2NO2. The maximum absolute atomic E-state index is 11.0. The van der Waals surface area contributed by atoms with Crippen LogP contribution in [0.5, 0.6) is 0 Å². The average molecular weight is 246 g/mol. The molecule has 0 bridgehead atoms. The van der Waals surface area contributed by atoms with E-state index in [1.165, 1.54) is 0 Å². The van der Waals surface area contributed by atoms with Gasteiger partial charge in [0.1, 0.15) is 0 Å². The van der Waals surface area contributed by atoms with E-state index in [-0.39, 0.29) is 0 Å². The number of carbonyl (C=O) groups is 1. The van der Waals surface area contributed by atoms with Gasteiger partial charge in [0, 0.05) is 18.2 Å². The molecule has 1 aliphatic heterocycles. The topological polar surface area (TPSA) is 40.5 Å². The summed E-state index contributed by atoms with van der Waals surface area (Å²) in [6.45, 7) is 0. The second-order valence-electron chi connectivity index (χ2n) is 3.47. The van der Waals surface area contributed by atoms with Gasteiger partial charge in [-0.2, -0.15) is 0 Å². The Morgan fingerprint density at radius 2 is 2.13 bits per heavy atom. The van der Waals surface area contributed by atoms with Gasteiger partial charge < -0.3 is 5.11 Å². The summed E-state index contributed by atoms with van der Waals surface area (Å²) < 4.78 is 1.11. The highest BCUT2D eigenvalue weighted by Crippen LogP contribution is 2.40. The summed E-state index contributed by atoms with van der Waals surface area (Å²) in [5.74, 6) is -1.12. The smallest absolute Gasteiger partial charge is 0.346 e. The van der Waals surface area contributed by atoms with E-state index in [1.54, 1.807) is 12.1 Å². The van der Waals surface area contributed by atoms with E-state index in [2.05, 4.69) is 0 Å². The van der Waals surface area contributed by atoms with Crippen LogP contribution in [0.4, 0.5) is 5.69 Å². The second-order valence-corrected chi connectivity index (χ2v) is 4.44. The number of alkyl halides is 1. The Morgan fingerprint density at radius 3 is 2.80 bits per heavy atom. The molecule has 1 heterocycles. The van der Waals surface area contributed by atoms with E-state index >= 15 is 0 Å². The van der Waals surface area contributed by atoms with Gasteiger partial charge in [-0.25, -0.2) is 4.79 Å². The van der Waals surface area contributed by atoms with Gasteiger partial charge in [0.05, 0.1) is 5.69 Å². The van der Waals surface area contributed by atoms with E-state index in [0.717, 1.165) is 9.98 Å². The van der Waals surface area contributed by atoms with Gasteiger partial charge in [-0.3, -0.25) is 4.42 Å². The summed E-state index contributed by atoms with van der Waals surface area (Å²) in [4.78, 5) is 9.51. The number of para-hydroxylation sites is 1. The van der Waals surface area contributed by atoms with Crippen molar-refractivity contribution in [3.8, 4) is 0 Å². The lowest BCUT2D eigenvalue weighted by Crippen LogP contribution is -2.48. The van der Waals surface area contributed by atoms with Gasteiger partial charge in [-0.1, -0.05) is 29.8 Å². The molecule has 0 amide bonds. The lowest BCUT2D eigenvalue weighted by atomic mass is 9.98. The summed E-state index contributed by atoms with van der Waals surface area (Å²) in [6.07, 6.45) is 0.916. The number of fused-ring (bicyclic) bond motifs is 1. The molecule has 0 aromatic heterocycles. The SMILES string of the molecule is O=C(O)C1(Cl)CCc2ccccc2N1Cl. The molecule has 0 fully saturated rings. The number of aryl methyl sites for hydroxylation is 1. The number of carboxylic acid groups (broad SMARTS) is 1. The molecule has 1 aromatic carbocycles. The Labute approximate surface area is 97.3 Å². The number of hydrogen-bond donors (Lipinski definition) is 1. The van der Waals surface area contributed by atoms with Gasteiger partial charge >= 0.3 is 5.97 Å².